The van der Waals surface area contributed by atoms with Gasteiger partial charge in [-0.2, -0.15) is 13.2 Å². The first-order chi connectivity index (χ1) is 15.5. The molecule has 0 bridgehead atoms. The zero-order chi connectivity index (χ0) is 24.8. The number of aliphatic carboxylic acids is 1. The minimum Gasteiger partial charge on any atom is -0.481 e. The Kier molecular flexibility index (Phi) is 9.07. The van der Waals surface area contributed by atoms with Gasteiger partial charge in [0.2, 0.25) is 0 Å². The molecular weight excluding hydrogens is 468 g/mol. The topological polar surface area (TPSA) is 87.7 Å². The summed E-state index contributed by atoms with van der Waals surface area (Å²) < 4.78 is 59.8. The standard InChI is InChI=1S/C22H23ClF4N2O4/c1-3-12(10-19(30)31)13-5-7-15(20(33-4-2)22(25,26)27)18(9-13)29-21(32)28-17-8-6-14(23)11-16(17)24/h5-9,11-12,20H,3-4,10H2,1-2H3,(H,30,31)(H2,28,29,32)/t12-,20+/m0/s1. The van der Waals surface area contributed by atoms with Crippen LogP contribution >= 0.6 is 11.6 Å². The molecule has 0 aromatic heterocycles. The molecule has 0 spiro atoms. The van der Waals surface area contributed by atoms with Crippen LogP contribution in [0, 0.1) is 5.82 Å². The number of hydrogen-bond donors (Lipinski definition) is 3. The summed E-state index contributed by atoms with van der Waals surface area (Å²) in [6.45, 7) is 2.89. The third-order valence-electron chi connectivity index (χ3n) is 4.80. The molecule has 33 heavy (non-hydrogen) atoms. The Hall–Kier alpha value is -2.85. The van der Waals surface area contributed by atoms with Crippen molar-refractivity contribution in [2.45, 2.75) is 44.9 Å². The van der Waals surface area contributed by atoms with Gasteiger partial charge in [-0.15, -0.1) is 0 Å². The third-order valence-corrected chi connectivity index (χ3v) is 5.04. The number of hydrogen-bond acceptors (Lipinski definition) is 3. The highest BCUT2D eigenvalue weighted by molar-refractivity contribution is 6.30. The van der Waals surface area contributed by atoms with Gasteiger partial charge in [-0.1, -0.05) is 30.7 Å². The molecule has 11 heteroatoms. The van der Waals surface area contributed by atoms with Gasteiger partial charge in [-0.25, -0.2) is 9.18 Å². The lowest BCUT2D eigenvalue weighted by atomic mass is 9.91. The average Bonchev–Trinajstić information content (AvgIpc) is 2.71. The number of urea groups is 1. The van der Waals surface area contributed by atoms with Gasteiger partial charge in [-0.05, 0) is 49.1 Å². The Balaban J connectivity index is 2.46. The first-order valence-corrected chi connectivity index (χ1v) is 10.4. The summed E-state index contributed by atoms with van der Waals surface area (Å²) >= 11 is 5.68. The SMILES string of the molecule is CCO[C@H](c1ccc([C@@H](CC)CC(=O)O)cc1NC(=O)Nc1ccc(Cl)cc1F)C(F)(F)F. The first kappa shape index (κ1) is 26.4. The number of halogens is 5. The second-order valence-electron chi connectivity index (χ2n) is 7.13. The Morgan fingerprint density at radius 1 is 1.09 bits per heavy atom. The second kappa shape index (κ2) is 11.3. The molecule has 0 radical (unpaired) electrons. The molecule has 0 saturated heterocycles. The lowest BCUT2D eigenvalue weighted by molar-refractivity contribution is -0.222. The third kappa shape index (κ3) is 7.33. The van der Waals surface area contributed by atoms with Crippen LogP contribution in [-0.4, -0.2) is 29.9 Å². The molecular formula is C22H23ClF4N2O4. The molecule has 6 nitrogen and oxygen atoms in total. The normalized spacial score (nSPS) is 13.3. The maximum absolute atomic E-state index is 14.0. The molecule has 0 heterocycles. The van der Waals surface area contributed by atoms with Crippen LogP contribution in [0.15, 0.2) is 36.4 Å². The number of ether oxygens (including phenoxy) is 1. The van der Waals surface area contributed by atoms with Crippen LogP contribution in [0.4, 0.5) is 33.7 Å². The van der Waals surface area contributed by atoms with Crippen molar-refractivity contribution in [2.24, 2.45) is 0 Å². The van der Waals surface area contributed by atoms with E-state index < -0.39 is 36.0 Å². The van der Waals surface area contributed by atoms with Crippen LogP contribution in [0.2, 0.25) is 5.02 Å². The number of carbonyl (C=O) groups is 2. The number of carbonyl (C=O) groups excluding carboxylic acids is 1. The Morgan fingerprint density at radius 2 is 1.76 bits per heavy atom. The molecule has 0 aliphatic rings. The predicted molar refractivity (Wildman–Crippen MR) is 116 cm³/mol. The molecule has 3 N–H and O–H groups in total. The predicted octanol–water partition coefficient (Wildman–Crippen LogP) is 6.73. The minimum absolute atomic E-state index is 0.0993. The Bertz CT molecular complexity index is 1000. The van der Waals surface area contributed by atoms with E-state index in [0.29, 0.717) is 12.0 Å². The van der Waals surface area contributed by atoms with E-state index in [0.717, 1.165) is 12.1 Å². The number of rotatable bonds is 9. The van der Waals surface area contributed by atoms with Gasteiger partial charge < -0.3 is 20.5 Å². The molecule has 2 atom stereocenters. The molecule has 0 fully saturated rings. The van der Waals surface area contributed by atoms with Gasteiger partial charge in [0.05, 0.1) is 12.1 Å². The van der Waals surface area contributed by atoms with Gasteiger partial charge in [-0.3, -0.25) is 4.79 Å². The average molecular weight is 491 g/mol. The fraction of sp³-hybridized carbons (Fsp3) is 0.364. The lowest BCUT2D eigenvalue weighted by Crippen LogP contribution is -2.27. The highest BCUT2D eigenvalue weighted by Gasteiger charge is 2.43. The van der Waals surface area contributed by atoms with E-state index in [1.165, 1.54) is 31.2 Å². The lowest BCUT2D eigenvalue weighted by Gasteiger charge is -2.25. The summed E-state index contributed by atoms with van der Waals surface area (Å²) in [5, 5.41) is 13.8. The van der Waals surface area contributed by atoms with Crippen molar-refractivity contribution in [2.75, 3.05) is 17.2 Å². The summed E-state index contributed by atoms with van der Waals surface area (Å²) in [7, 11) is 0. The summed E-state index contributed by atoms with van der Waals surface area (Å²) in [4.78, 5) is 23.7. The van der Waals surface area contributed by atoms with Gasteiger partial charge in [0.1, 0.15) is 5.82 Å². The summed E-state index contributed by atoms with van der Waals surface area (Å²) in [5.74, 6) is -2.40. The fourth-order valence-electron chi connectivity index (χ4n) is 3.27. The van der Waals surface area contributed by atoms with Crippen molar-refractivity contribution >= 4 is 35.0 Å². The smallest absolute Gasteiger partial charge is 0.418 e. The number of anilines is 2. The molecule has 0 aliphatic heterocycles. The van der Waals surface area contributed by atoms with Crippen molar-refractivity contribution in [1.82, 2.24) is 0 Å². The monoisotopic (exact) mass is 490 g/mol. The van der Waals surface area contributed by atoms with Gasteiger partial charge in [0.15, 0.2) is 6.10 Å². The zero-order valence-electron chi connectivity index (χ0n) is 17.8. The number of alkyl halides is 3. The van der Waals surface area contributed by atoms with Crippen molar-refractivity contribution in [1.29, 1.82) is 0 Å². The van der Waals surface area contributed by atoms with E-state index in [9.17, 15) is 27.2 Å². The minimum atomic E-state index is -4.78. The van der Waals surface area contributed by atoms with E-state index in [4.69, 9.17) is 21.4 Å². The van der Waals surface area contributed by atoms with Crippen LogP contribution in [0.1, 0.15) is 49.8 Å². The molecule has 180 valence electrons. The number of amides is 2. The summed E-state index contributed by atoms with van der Waals surface area (Å²) in [6, 6.07) is 6.31. The van der Waals surface area contributed by atoms with E-state index in [1.807, 2.05) is 0 Å². The highest BCUT2D eigenvalue weighted by atomic mass is 35.5. The van der Waals surface area contributed by atoms with E-state index in [1.54, 1.807) is 6.92 Å². The van der Waals surface area contributed by atoms with Gasteiger partial charge >= 0.3 is 18.2 Å². The Labute approximate surface area is 192 Å². The molecule has 0 saturated carbocycles. The first-order valence-electron chi connectivity index (χ1n) is 10.0. The molecule has 2 rings (SSSR count). The fourth-order valence-corrected chi connectivity index (χ4v) is 3.43. The van der Waals surface area contributed by atoms with E-state index >= 15 is 0 Å². The van der Waals surface area contributed by atoms with Crippen LogP contribution in [0.25, 0.3) is 0 Å². The van der Waals surface area contributed by atoms with Crippen LogP contribution < -0.4 is 10.6 Å². The van der Waals surface area contributed by atoms with Crippen LogP contribution in [0.3, 0.4) is 0 Å². The van der Waals surface area contributed by atoms with Crippen molar-refractivity contribution in [3.63, 3.8) is 0 Å². The quantitative estimate of drug-likeness (QED) is 0.340. The van der Waals surface area contributed by atoms with Gasteiger partial charge in [0.25, 0.3) is 0 Å². The summed E-state index contributed by atoms with van der Waals surface area (Å²) in [5.41, 5.74) is -0.415. The number of nitrogens with one attached hydrogen (secondary N) is 2. The van der Waals surface area contributed by atoms with E-state index in [2.05, 4.69) is 10.6 Å². The largest absolute Gasteiger partial charge is 0.481 e. The molecule has 2 amide bonds. The molecule has 2 aromatic rings. The maximum atomic E-state index is 14.0. The van der Waals surface area contributed by atoms with Crippen molar-refractivity contribution in [3.8, 4) is 0 Å². The number of carboxylic acids is 1. The second-order valence-corrected chi connectivity index (χ2v) is 7.57. The summed E-state index contributed by atoms with van der Waals surface area (Å²) in [6.07, 6.45) is -6.95. The van der Waals surface area contributed by atoms with Crippen LogP contribution in [-0.2, 0) is 9.53 Å². The number of carboxylic acid groups (broad SMARTS) is 1. The highest BCUT2D eigenvalue weighted by Crippen LogP contribution is 2.40. The molecule has 0 unspecified atom stereocenters. The van der Waals surface area contributed by atoms with Crippen molar-refractivity contribution < 1.29 is 37.0 Å². The van der Waals surface area contributed by atoms with Crippen molar-refractivity contribution in [3.05, 3.63) is 58.4 Å². The molecule has 2 aromatic carbocycles. The van der Waals surface area contributed by atoms with Gasteiger partial charge in [0, 0.05) is 22.9 Å². The number of benzene rings is 2. The maximum Gasteiger partial charge on any atom is 0.418 e. The van der Waals surface area contributed by atoms with E-state index in [-0.39, 0.29) is 35.0 Å². The zero-order valence-corrected chi connectivity index (χ0v) is 18.6. The van der Waals surface area contributed by atoms with Crippen LogP contribution in [0.5, 0.6) is 0 Å². The molecule has 0 aliphatic carbocycles. The Morgan fingerprint density at radius 3 is 2.30 bits per heavy atom.